The number of alkyl halides is 3. The van der Waals surface area contributed by atoms with Gasteiger partial charge < -0.3 is 25.7 Å². The van der Waals surface area contributed by atoms with E-state index in [1.54, 1.807) is 11.8 Å². The average Bonchev–Trinajstić information content (AvgIpc) is 3.44. The predicted molar refractivity (Wildman–Crippen MR) is 144 cm³/mol. The number of phenols is 1. The van der Waals surface area contributed by atoms with Crippen molar-refractivity contribution in [2.24, 2.45) is 11.8 Å². The third-order valence-electron chi connectivity index (χ3n) is 9.33. The third-order valence-corrected chi connectivity index (χ3v) is 9.33. The Labute approximate surface area is 240 Å². The number of nitrogens with one attached hydrogen (secondary N) is 1. The summed E-state index contributed by atoms with van der Waals surface area (Å²) in [6.07, 6.45) is -3.85. The molecular weight excluding hydrogens is 557 g/mol. The quantitative estimate of drug-likeness (QED) is 0.311. The fourth-order valence-corrected chi connectivity index (χ4v) is 7.62. The number of carbonyl (C=O) groups is 3. The van der Waals surface area contributed by atoms with Crippen molar-refractivity contribution in [3.8, 4) is 5.75 Å². The zero-order valence-corrected chi connectivity index (χ0v) is 23.6. The molecule has 0 saturated carbocycles. The minimum absolute atomic E-state index is 0.162. The van der Waals surface area contributed by atoms with Crippen LogP contribution in [0.5, 0.6) is 5.75 Å². The predicted octanol–water partition coefficient (Wildman–Crippen LogP) is 3.84. The van der Waals surface area contributed by atoms with E-state index in [0.717, 1.165) is 13.0 Å². The molecule has 1 unspecified atom stereocenters. The van der Waals surface area contributed by atoms with Crippen molar-refractivity contribution in [1.82, 2.24) is 10.2 Å². The van der Waals surface area contributed by atoms with Gasteiger partial charge >= 0.3 is 6.18 Å². The van der Waals surface area contributed by atoms with E-state index in [9.17, 15) is 48.0 Å². The van der Waals surface area contributed by atoms with Gasteiger partial charge in [0.25, 0.3) is 0 Å². The molecule has 5 atom stereocenters. The summed E-state index contributed by atoms with van der Waals surface area (Å²) in [6, 6.07) is -0.864. The number of allylic oxidation sites excluding steroid dienone is 1. The van der Waals surface area contributed by atoms with Crippen LogP contribution in [0, 0.1) is 11.8 Å². The number of rotatable bonds is 6. The molecule has 1 aliphatic heterocycles. The molecule has 9 nitrogen and oxygen atoms in total. The molecule has 3 aliphatic carbocycles. The average molecular weight is 593 g/mol. The van der Waals surface area contributed by atoms with Gasteiger partial charge in [0.05, 0.1) is 17.2 Å². The first-order valence-electron chi connectivity index (χ1n) is 14.3. The van der Waals surface area contributed by atoms with Gasteiger partial charge in [-0.1, -0.05) is 13.8 Å². The summed E-state index contributed by atoms with van der Waals surface area (Å²) in [7, 11) is 0. The van der Waals surface area contributed by atoms with Crippen LogP contribution in [0.15, 0.2) is 28.7 Å². The molecule has 0 spiro atoms. The topological polar surface area (TPSA) is 147 Å². The van der Waals surface area contributed by atoms with Gasteiger partial charge in [-0.05, 0) is 81.8 Å². The lowest BCUT2D eigenvalue weighted by Gasteiger charge is -2.51. The number of aromatic hydroxyl groups is 1. The molecule has 0 bridgehead atoms. The van der Waals surface area contributed by atoms with Crippen molar-refractivity contribution >= 4 is 17.3 Å². The van der Waals surface area contributed by atoms with Crippen molar-refractivity contribution in [3.63, 3.8) is 0 Å². The van der Waals surface area contributed by atoms with E-state index in [-0.39, 0.29) is 12.0 Å². The number of carbonyl (C=O) groups excluding carboxylic acids is 3. The maximum absolute atomic E-state index is 14.7. The molecule has 5 rings (SSSR count). The van der Waals surface area contributed by atoms with Crippen molar-refractivity contribution < 1.29 is 48.0 Å². The Balaban J connectivity index is 1.74. The molecule has 1 saturated heterocycles. The Morgan fingerprint density at radius 1 is 1.19 bits per heavy atom. The van der Waals surface area contributed by atoms with Gasteiger partial charge in [0, 0.05) is 17.5 Å². The molecule has 0 radical (unpaired) electrons. The number of fused-ring (bicyclic) bond motifs is 3. The lowest BCUT2D eigenvalue weighted by molar-refractivity contribution is -0.149. The Morgan fingerprint density at radius 3 is 2.43 bits per heavy atom. The van der Waals surface area contributed by atoms with E-state index in [1.165, 1.54) is 0 Å². The minimum atomic E-state index is -4.86. The molecule has 12 heteroatoms. The van der Waals surface area contributed by atoms with Crippen molar-refractivity contribution in [2.75, 3.05) is 19.6 Å². The van der Waals surface area contributed by atoms with Gasteiger partial charge in [0.15, 0.2) is 17.2 Å². The van der Waals surface area contributed by atoms with Crippen LogP contribution in [0.25, 0.3) is 0 Å². The second-order valence-corrected chi connectivity index (χ2v) is 11.7. The summed E-state index contributed by atoms with van der Waals surface area (Å²) in [5.74, 6) is -7.88. The molecule has 5 N–H and O–H groups in total. The minimum Gasteiger partial charge on any atom is -0.510 e. The molecule has 1 aromatic carbocycles. The highest BCUT2D eigenvalue weighted by Crippen LogP contribution is 2.54. The molecule has 1 heterocycles. The number of aliphatic hydroxyl groups excluding tert-OH is 2. The summed E-state index contributed by atoms with van der Waals surface area (Å²) in [5, 5.41) is 48.5. The Bertz CT molecular complexity index is 1430. The van der Waals surface area contributed by atoms with E-state index in [2.05, 4.69) is 5.32 Å². The Hall–Kier alpha value is -3.22. The highest BCUT2D eigenvalue weighted by Gasteiger charge is 2.63. The lowest BCUT2D eigenvalue weighted by Crippen LogP contribution is -2.64. The second-order valence-electron chi connectivity index (χ2n) is 11.7. The van der Waals surface area contributed by atoms with E-state index in [0.29, 0.717) is 38.9 Å². The van der Waals surface area contributed by atoms with Gasteiger partial charge in [0.1, 0.15) is 22.8 Å². The summed E-state index contributed by atoms with van der Waals surface area (Å²) in [5.41, 5.74) is -6.15. The SMILES string of the molecule is CCCN(CC)[C@@H]1C(O)=C(C(C)=O)C(=O)[C@@]2(O)C(O)=C3C(=O)c4c(O)cc(C5CCCN5)c(C(F)(F)F)c4C[C@H]3C[C@@H]12. The van der Waals surface area contributed by atoms with Crippen LogP contribution in [0.1, 0.15) is 79.5 Å². The number of hydrogen-bond acceptors (Lipinski definition) is 9. The van der Waals surface area contributed by atoms with E-state index in [1.807, 2.05) is 6.92 Å². The van der Waals surface area contributed by atoms with Crippen LogP contribution in [0.4, 0.5) is 13.2 Å². The number of halogens is 3. The molecule has 1 fully saturated rings. The molecular formula is C30H35F3N2O7. The van der Waals surface area contributed by atoms with Crippen LogP contribution in [-0.4, -0.2) is 74.0 Å². The molecule has 0 aromatic heterocycles. The maximum Gasteiger partial charge on any atom is 0.417 e. The number of likely N-dealkylation sites (N-methyl/N-ethyl adjacent to an activating group) is 1. The first-order chi connectivity index (χ1) is 19.7. The number of ketones is 3. The van der Waals surface area contributed by atoms with Gasteiger partial charge in [-0.25, -0.2) is 0 Å². The van der Waals surface area contributed by atoms with Gasteiger partial charge in [0.2, 0.25) is 5.78 Å². The standard InChI is InChI=1S/C30H35F3N2O7/c1-4-9-35(5-2)24-17-11-14-10-16-22(19(37)12-15(18-7-6-8-34-18)23(16)30(31,32)33)25(38)21(14)28(41)29(17,42)27(40)20(13(3)36)26(24)39/h12,14,17-18,24,34,37,39,41-42H,4-11H2,1-3H3/t14-,17-,18?,24-,29+/m0/s1. The zero-order chi connectivity index (χ0) is 30.9. The molecule has 1 aromatic rings. The maximum atomic E-state index is 14.7. The fraction of sp³-hybridized carbons (Fsp3) is 0.567. The summed E-state index contributed by atoms with van der Waals surface area (Å²) >= 11 is 0. The number of Topliss-reactive ketones (excluding diaryl/α,β-unsaturated/α-hetero) is 3. The third kappa shape index (κ3) is 4.29. The Kier molecular flexibility index (Phi) is 7.56. The summed E-state index contributed by atoms with van der Waals surface area (Å²) in [6.45, 7) is 5.87. The number of hydrogen-bond donors (Lipinski definition) is 5. The van der Waals surface area contributed by atoms with E-state index < -0.39 is 105 Å². The number of phenolic OH excluding ortho intramolecular Hbond substituents is 1. The fourth-order valence-electron chi connectivity index (χ4n) is 7.62. The molecule has 42 heavy (non-hydrogen) atoms. The number of benzene rings is 1. The van der Waals surface area contributed by atoms with Crippen molar-refractivity contribution in [2.45, 2.75) is 76.7 Å². The van der Waals surface area contributed by atoms with Crippen LogP contribution in [0.3, 0.4) is 0 Å². The smallest absolute Gasteiger partial charge is 0.417 e. The summed E-state index contributed by atoms with van der Waals surface area (Å²) in [4.78, 5) is 41.7. The van der Waals surface area contributed by atoms with Crippen molar-refractivity contribution in [3.05, 3.63) is 51.0 Å². The van der Waals surface area contributed by atoms with Gasteiger partial charge in [-0.3, -0.25) is 19.3 Å². The highest BCUT2D eigenvalue weighted by atomic mass is 19.4. The molecule has 228 valence electrons. The van der Waals surface area contributed by atoms with Crippen LogP contribution < -0.4 is 5.32 Å². The second kappa shape index (κ2) is 10.5. The largest absolute Gasteiger partial charge is 0.510 e. The summed E-state index contributed by atoms with van der Waals surface area (Å²) < 4.78 is 44.0. The monoisotopic (exact) mass is 592 g/mol. The highest BCUT2D eigenvalue weighted by molar-refractivity contribution is 6.25. The van der Waals surface area contributed by atoms with Crippen LogP contribution in [-0.2, 0) is 22.2 Å². The number of aliphatic hydroxyl groups is 3. The van der Waals surface area contributed by atoms with E-state index in [4.69, 9.17) is 0 Å². The normalized spacial score (nSPS) is 29.6. The van der Waals surface area contributed by atoms with Gasteiger partial charge in [-0.15, -0.1) is 0 Å². The molecule has 4 aliphatic rings. The molecule has 0 amide bonds. The van der Waals surface area contributed by atoms with Crippen LogP contribution >= 0.6 is 0 Å². The number of nitrogens with zero attached hydrogens (tertiary/aromatic N) is 1. The lowest BCUT2D eigenvalue weighted by atomic mass is 9.58. The first-order valence-corrected chi connectivity index (χ1v) is 14.3. The van der Waals surface area contributed by atoms with E-state index >= 15 is 0 Å². The zero-order valence-electron chi connectivity index (χ0n) is 23.6. The van der Waals surface area contributed by atoms with Crippen LogP contribution in [0.2, 0.25) is 0 Å². The first kappa shape index (κ1) is 30.2. The van der Waals surface area contributed by atoms with Gasteiger partial charge in [-0.2, -0.15) is 13.2 Å². The Morgan fingerprint density at radius 2 is 1.88 bits per heavy atom. The van der Waals surface area contributed by atoms with Crippen molar-refractivity contribution in [1.29, 1.82) is 0 Å².